The van der Waals surface area contributed by atoms with E-state index in [9.17, 15) is 8.42 Å². The maximum absolute atomic E-state index is 12.4. The topological polar surface area (TPSA) is 50.3 Å². The summed E-state index contributed by atoms with van der Waals surface area (Å²) in [7, 11) is -1.80. The lowest BCUT2D eigenvalue weighted by Crippen LogP contribution is -2.25. The average molecular weight is 296 g/mol. The van der Waals surface area contributed by atoms with Crippen LogP contribution in [0.25, 0.3) is 0 Å². The van der Waals surface area contributed by atoms with Crippen molar-refractivity contribution in [1.82, 2.24) is 9.29 Å². The van der Waals surface area contributed by atoms with Crippen LogP contribution in [-0.2, 0) is 23.0 Å². The summed E-state index contributed by atoms with van der Waals surface area (Å²) in [5.41, 5.74) is 0.924. The number of sulfonamides is 1. The van der Waals surface area contributed by atoms with E-state index in [0.29, 0.717) is 10.8 Å². The van der Waals surface area contributed by atoms with E-state index in [0.717, 1.165) is 16.9 Å². The van der Waals surface area contributed by atoms with Crippen molar-refractivity contribution in [2.24, 2.45) is 0 Å². The Balaban J connectivity index is 2.19. The first kappa shape index (κ1) is 14.2. The minimum absolute atomic E-state index is 0.351. The smallest absolute Gasteiger partial charge is 0.252 e. The zero-order chi connectivity index (χ0) is 13.9. The van der Waals surface area contributed by atoms with E-state index >= 15 is 0 Å². The first-order chi connectivity index (χ1) is 9.04. The Morgan fingerprint density at radius 2 is 1.89 bits per heavy atom. The van der Waals surface area contributed by atoms with Crippen molar-refractivity contribution in [2.45, 2.75) is 24.1 Å². The predicted octanol–water partition coefficient (Wildman–Crippen LogP) is 2.53. The number of pyridine rings is 1. The fourth-order valence-electron chi connectivity index (χ4n) is 1.67. The SMILES string of the molecule is CCc1ccc(S(=O)(=O)N(C)Cc2ccncc2)s1. The summed E-state index contributed by atoms with van der Waals surface area (Å²) >= 11 is 1.34. The van der Waals surface area contributed by atoms with Gasteiger partial charge in [0, 0.05) is 30.9 Å². The molecule has 0 amide bonds. The molecule has 0 saturated carbocycles. The van der Waals surface area contributed by atoms with E-state index < -0.39 is 10.0 Å². The molecule has 0 radical (unpaired) electrons. The van der Waals surface area contributed by atoms with Gasteiger partial charge in [-0.1, -0.05) is 6.92 Å². The van der Waals surface area contributed by atoms with Crippen LogP contribution in [0.3, 0.4) is 0 Å². The van der Waals surface area contributed by atoms with Gasteiger partial charge in [-0.05, 0) is 36.2 Å². The Hall–Kier alpha value is -1.24. The Labute approximate surface area is 117 Å². The fraction of sp³-hybridized carbons (Fsp3) is 0.308. The molecule has 0 aromatic carbocycles. The molecule has 102 valence electrons. The van der Waals surface area contributed by atoms with Gasteiger partial charge in [0.1, 0.15) is 4.21 Å². The van der Waals surface area contributed by atoms with Crippen LogP contribution in [0.5, 0.6) is 0 Å². The first-order valence-electron chi connectivity index (χ1n) is 5.98. The van der Waals surface area contributed by atoms with Crippen LogP contribution in [0.1, 0.15) is 17.4 Å². The highest BCUT2D eigenvalue weighted by molar-refractivity contribution is 7.91. The molecule has 0 spiro atoms. The van der Waals surface area contributed by atoms with Crippen LogP contribution in [0.4, 0.5) is 0 Å². The van der Waals surface area contributed by atoms with Gasteiger partial charge in [-0.15, -0.1) is 11.3 Å². The van der Waals surface area contributed by atoms with Gasteiger partial charge in [-0.2, -0.15) is 4.31 Å². The summed E-state index contributed by atoms with van der Waals surface area (Å²) in [6.45, 7) is 2.37. The first-order valence-corrected chi connectivity index (χ1v) is 8.23. The molecule has 0 aliphatic heterocycles. The molecule has 4 nitrogen and oxygen atoms in total. The van der Waals surface area contributed by atoms with Crippen molar-refractivity contribution in [3.63, 3.8) is 0 Å². The molecule has 0 atom stereocenters. The molecule has 2 aromatic rings. The Kier molecular flexibility index (Phi) is 4.34. The van der Waals surface area contributed by atoms with Gasteiger partial charge in [-0.3, -0.25) is 4.98 Å². The number of rotatable bonds is 5. The molecule has 0 saturated heterocycles. The largest absolute Gasteiger partial charge is 0.265 e. The number of hydrogen-bond donors (Lipinski definition) is 0. The fourth-order valence-corrected chi connectivity index (χ4v) is 4.34. The van der Waals surface area contributed by atoms with Crippen LogP contribution in [0.15, 0.2) is 40.9 Å². The van der Waals surface area contributed by atoms with Gasteiger partial charge in [0.15, 0.2) is 0 Å². The second-order valence-corrected chi connectivity index (χ2v) is 7.63. The average Bonchev–Trinajstić information content (AvgIpc) is 2.89. The lowest BCUT2D eigenvalue weighted by Gasteiger charge is -2.15. The van der Waals surface area contributed by atoms with E-state index in [1.165, 1.54) is 15.6 Å². The van der Waals surface area contributed by atoms with E-state index in [-0.39, 0.29) is 0 Å². The summed E-state index contributed by atoms with van der Waals surface area (Å²) in [6, 6.07) is 7.19. The quantitative estimate of drug-likeness (QED) is 0.852. The van der Waals surface area contributed by atoms with Gasteiger partial charge >= 0.3 is 0 Å². The van der Waals surface area contributed by atoms with Crippen LogP contribution in [-0.4, -0.2) is 24.8 Å². The summed E-state index contributed by atoms with van der Waals surface area (Å²) < 4.78 is 26.5. The summed E-state index contributed by atoms with van der Waals surface area (Å²) in [5.74, 6) is 0. The van der Waals surface area contributed by atoms with Crippen molar-refractivity contribution in [3.8, 4) is 0 Å². The second-order valence-electron chi connectivity index (χ2n) is 4.19. The van der Waals surface area contributed by atoms with Gasteiger partial charge in [0.05, 0.1) is 0 Å². The molecule has 2 heterocycles. The third-order valence-electron chi connectivity index (χ3n) is 2.80. The molecule has 0 unspecified atom stereocenters. The minimum Gasteiger partial charge on any atom is -0.265 e. The van der Waals surface area contributed by atoms with Gasteiger partial charge in [-0.25, -0.2) is 8.42 Å². The number of aromatic nitrogens is 1. The number of hydrogen-bond acceptors (Lipinski definition) is 4. The molecule has 2 aromatic heterocycles. The standard InChI is InChI=1S/C13H16N2O2S2/c1-3-12-4-5-13(18-12)19(16,17)15(2)10-11-6-8-14-9-7-11/h4-9H,3,10H2,1-2H3. The zero-order valence-corrected chi connectivity index (χ0v) is 12.5. The molecule has 0 aliphatic carbocycles. The minimum atomic E-state index is -3.39. The predicted molar refractivity (Wildman–Crippen MR) is 76.6 cm³/mol. The molecule has 19 heavy (non-hydrogen) atoms. The third-order valence-corrected chi connectivity index (χ3v) is 6.30. The number of aryl methyl sites for hydroxylation is 1. The summed E-state index contributed by atoms with van der Waals surface area (Å²) in [5, 5.41) is 0. The Morgan fingerprint density at radius 1 is 1.21 bits per heavy atom. The monoisotopic (exact) mass is 296 g/mol. The van der Waals surface area contributed by atoms with E-state index in [4.69, 9.17) is 0 Å². The van der Waals surface area contributed by atoms with Crippen LogP contribution >= 0.6 is 11.3 Å². The zero-order valence-electron chi connectivity index (χ0n) is 10.9. The van der Waals surface area contributed by atoms with E-state index in [1.54, 1.807) is 25.5 Å². The molecule has 0 N–H and O–H groups in total. The molecule has 0 bridgehead atoms. The maximum atomic E-state index is 12.4. The molecule has 2 rings (SSSR count). The summed E-state index contributed by atoms with van der Waals surface area (Å²) in [4.78, 5) is 5.00. The van der Waals surface area contributed by atoms with Gasteiger partial charge < -0.3 is 0 Å². The number of nitrogens with zero attached hydrogens (tertiary/aromatic N) is 2. The van der Waals surface area contributed by atoms with Gasteiger partial charge in [0.2, 0.25) is 0 Å². The normalized spacial score (nSPS) is 11.9. The highest BCUT2D eigenvalue weighted by atomic mass is 32.2. The van der Waals surface area contributed by atoms with Crippen LogP contribution in [0.2, 0.25) is 0 Å². The highest BCUT2D eigenvalue weighted by Crippen LogP contribution is 2.25. The molecular formula is C13H16N2O2S2. The van der Waals surface area contributed by atoms with Crippen LogP contribution in [0, 0.1) is 0 Å². The van der Waals surface area contributed by atoms with Gasteiger partial charge in [0.25, 0.3) is 10.0 Å². The maximum Gasteiger partial charge on any atom is 0.252 e. The molecule has 0 fully saturated rings. The van der Waals surface area contributed by atoms with E-state index in [1.807, 2.05) is 25.1 Å². The van der Waals surface area contributed by atoms with Crippen molar-refractivity contribution >= 4 is 21.4 Å². The lowest BCUT2D eigenvalue weighted by molar-refractivity contribution is 0.468. The summed E-state index contributed by atoms with van der Waals surface area (Å²) in [6.07, 6.45) is 4.18. The number of thiophene rings is 1. The Bertz CT molecular complexity index is 636. The van der Waals surface area contributed by atoms with E-state index in [2.05, 4.69) is 4.98 Å². The van der Waals surface area contributed by atoms with Crippen molar-refractivity contribution in [1.29, 1.82) is 0 Å². The van der Waals surface area contributed by atoms with Crippen molar-refractivity contribution < 1.29 is 8.42 Å². The lowest BCUT2D eigenvalue weighted by atomic mass is 10.3. The van der Waals surface area contributed by atoms with Crippen molar-refractivity contribution in [2.75, 3.05) is 7.05 Å². The Morgan fingerprint density at radius 3 is 2.47 bits per heavy atom. The molecule has 0 aliphatic rings. The van der Waals surface area contributed by atoms with Crippen molar-refractivity contribution in [3.05, 3.63) is 47.1 Å². The second kappa shape index (κ2) is 5.81. The molecule has 6 heteroatoms. The van der Waals surface area contributed by atoms with Crippen LogP contribution < -0.4 is 0 Å². The molecular weight excluding hydrogens is 280 g/mol. The highest BCUT2D eigenvalue weighted by Gasteiger charge is 2.22. The third kappa shape index (κ3) is 3.20.